The van der Waals surface area contributed by atoms with E-state index in [0.29, 0.717) is 19.4 Å². The summed E-state index contributed by atoms with van der Waals surface area (Å²) >= 11 is 0. The van der Waals surface area contributed by atoms with Crippen molar-refractivity contribution in [2.75, 3.05) is 18.9 Å². The van der Waals surface area contributed by atoms with E-state index in [2.05, 4.69) is 10.2 Å². The first-order chi connectivity index (χ1) is 8.94. The van der Waals surface area contributed by atoms with E-state index in [0.717, 1.165) is 0 Å². The summed E-state index contributed by atoms with van der Waals surface area (Å²) in [6.45, 7) is 2.66. The maximum absolute atomic E-state index is 13.7. The van der Waals surface area contributed by atoms with Gasteiger partial charge in [-0.1, -0.05) is 12.1 Å². The van der Waals surface area contributed by atoms with Crippen molar-refractivity contribution >= 4 is 11.7 Å². The van der Waals surface area contributed by atoms with Gasteiger partial charge in [-0.05, 0) is 38.9 Å². The molecule has 1 aliphatic heterocycles. The number of piperidine rings is 1. The predicted molar refractivity (Wildman–Crippen MR) is 71.7 cm³/mol. The number of carbonyl (C=O) groups is 1. The summed E-state index contributed by atoms with van der Waals surface area (Å²) < 4.78 is 13.7. The van der Waals surface area contributed by atoms with Crippen molar-refractivity contribution in [2.45, 2.75) is 31.3 Å². The third-order valence-corrected chi connectivity index (χ3v) is 3.94. The fraction of sp³-hybridized carbons (Fsp3) is 0.500. The Kier molecular flexibility index (Phi) is 3.75. The van der Waals surface area contributed by atoms with Crippen molar-refractivity contribution < 1.29 is 14.3 Å². The molecule has 0 spiro atoms. The van der Waals surface area contributed by atoms with Gasteiger partial charge in [-0.25, -0.2) is 9.18 Å². The lowest BCUT2D eigenvalue weighted by atomic mass is 9.83. The molecule has 4 nitrogen and oxygen atoms in total. The first kappa shape index (κ1) is 13.8. The minimum absolute atomic E-state index is 0.143. The van der Waals surface area contributed by atoms with E-state index in [-0.39, 0.29) is 11.7 Å². The summed E-state index contributed by atoms with van der Waals surface area (Å²) in [5.41, 5.74) is -0.838. The summed E-state index contributed by atoms with van der Waals surface area (Å²) in [5.74, 6) is -1.34. The zero-order valence-corrected chi connectivity index (χ0v) is 11.2. The molecular formula is C14H19FN2O2. The molecule has 2 atom stereocenters. The standard InChI is InChI=1S/C14H19FN2O2/c1-10-9-14(13(18)19,7-8-17(10)2)16-12-6-4-3-5-11(12)15/h3-6,10,16H,7-9H2,1-2H3,(H,18,19). The number of nitrogens with one attached hydrogen (secondary N) is 1. The van der Waals surface area contributed by atoms with Gasteiger partial charge in [-0.3, -0.25) is 0 Å². The number of rotatable bonds is 3. The van der Waals surface area contributed by atoms with Crippen LogP contribution in [0.5, 0.6) is 0 Å². The van der Waals surface area contributed by atoms with E-state index < -0.39 is 17.3 Å². The van der Waals surface area contributed by atoms with E-state index in [9.17, 15) is 14.3 Å². The normalized spacial score (nSPS) is 28.1. The van der Waals surface area contributed by atoms with Crippen molar-refractivity contribution in [1.82, 2.24) is 4.90 Å². The molecule has 2 N–H and O–H groups in total. The second-order valence-corrected chi connectivity index (χ2v) is 5.28. The van der Waals surface area contributed by atoms with Gasteiger partial charge in [0.15, 0.2) is 0 Å². The molecule has 0 bridgehead atoms. The van der Waals surface area contributed by atoms with E-state index in [1.54, 1.807) is 18.2 Å². The summed E-state index contributed by atoms with van der Waals surface area (Å²) in [7, 11) is 1.97. The van der Waals surface area contributed by atoms with Gasteiger partial charge >= 0.3 is 5.97 Å². The smallest absolute Gasteiger partial charge is 0.329 e. The number of carboxylic acids is 1. The molecule has 1 fully saturated rings. The van der Waals surface area contributed by atoms with Gasteiger partial charge in [0.2, 0.25) is 0 Å². The van der Waals surface area contributed by atoms with Crippen molar-refractivity contribution in [3.63, 3.8) is 0 Å². The van der Waals surface area contributed by atoms with Gasteiger partial charge in [-0.15, -0.1) is 0 Å². The minimum atomic E-state index is -1.09. The zero-order chi connectivity index (χ0) is 14.0. The SMILES string of the molecule is CC1CC(Nc2ccccc2F)(C(=O)O)CCN1C. The van der Waals surface area contributed by atoms with Gasteiger partial charge in [0.1, 0.15) is 11.4 Å². The van der Waals surface area contributed by atoms with E-state index in [1.807, 2.05) is 14.0 Å². The van der Waals surface area contributed by atoms with E-state index in [4.69, 9.17) is 0 Å². The molecule has 19 heavy (non-hydrogen) atoms. The highest BCUT2D eigenvalue weighted by Gasteiger charge is 2.43. The fourth-order valence-electron chi connectivity index (χ4n) is 2.53. The van der Waals surface area contributed by atoms with Crippen LogP contribution in [0, 0.1) is 5.82 Å². The lowest BCUT2D eigenvalue weighted by molar-refractivity contribution is -0.144. The molecular weight excluding hydrogens is 247 g/mol. The van der Waals surface area contributed by atoms with Crippen LogP contribution in [0.1, 0.15) is 19.8 Å². The van der Waals surface area contributed by atoms with Gasteiger partial charge in [-0.2, -0.15) is 0 Å². The Morgan fingerprint density at radius 2 is 2.21 bits per heavy atom. The van der Waals surface area contributed by atoms with Crippen LogP contribution >= 0.6 is 0 Å². The number of hydrogen-bond acceptors (Lipinski definition) is 3. The first-order valence-corrected chi connectivity index (χ1v) is 6.41. The number of nitrogens with zero attached hydrogens (tertiary/aromatic N) is 1. The Morgan fingerprint density at radius 3 is 2.79 bits per heavy atom. The third-order valence-electron chi connectivity index (χ3n) is 3.94. The highest BCUT2D eigenvalue weighted by molar-refractivity contribution is 5.83. The topological polar surface area (TPSA) is 52.6 Å². The Bertz CT molecular complexity index is 480. The van der Waals surface area contributed by atoms with Crippen molar-refractivity contribution in [1.29, 1.82) is 0 Å². The Balaban J connectivity index is 2.26. The Labute approximate surface area is 112 Å². The van der Waals surface area contributed by atoms with Gasteiger partial charge in [0, 0.05) is 12.6 Å². The molecule has 1 aromatic rings. The Hall–Kier alpha value is -1.62. The average Bonchev–Trinajstić information content (AvgIpc) is 2.36. The molecule has 0 aliphatic carbocycles. The second kappa shape index (κ2) is 5.17. The summed E-state index contributed by atoms with van der Waals surface area (Å²) in [6, 6.07) is 6.33. The molecule has 1 aromatic carbocycles. The largest absolute Gasteiger partial charge is 0.480 e. The number of benzene rings is 1. The molecule has 1 saturated heterocycles. The predicted octanol–water partition coefficient (Wildman–Crippen LogP) is 2.18. The quantitative estimate of drug-likeness (QED) is 0.880. The molecule has 0 aromatic heterocycles. The summed E-state index contributed by atoms with van der Waals surface area (Å²) in [6.07, 6.45) is 0.907. The molecule has 2 unspecified atom stereocenters. The Morgan fingerprint density at radius 1 is 1.53 bits per heavy atom. The lowest BCUT2D eigenvalue weighted by Crippen LogP contribution is -2.56. The van der Waals surface area contributed by atoms with Crippen molar-refractivity contribution in [3.05, 3.63) is 30.1 Å². The van der Waals surface area contributed by atoms with Crippen LogP contribution in [0.2, 0.25) is 0 Å². The molecule has 0 saturated carbocycles. The number of carboxylic acid groups (broad SMARTS) is 1. The number of likely N-dealkylation sites (tertiary alicyclic amines) is 1. The van der Waals surface area contributed by atoms with Gasteiger partial charge in [0.05, 0.1) is 5.69 Å². The van der Waals surface area contributed by atoms with Gasteiger partial charge in [0.25, 0.3) is 0 Å². The highest BCUT2D eigenvalue weighted by atomic mass is 19.1. The zero-order valence-electron chi connectivity index (χ0n) is 11.2. The number of halogens is 1. The van der Waals surface area contributed by atoms with Crippen LogP contribution in [0.4, 0.5) is 10.1 Å². The monoisotopic (exact) mass is 266 g/mol. The number of aliphatic carboxylic acids is 1. The van der Waals surface area contributed by atoms with Gasteiger partial charge < -0.3 is 15.3 Å². The van der Waals surface area contributed by atoms with Crippen LogP contribution in [0.15, 0.2) is 24.3 Å². The van der Waals surface area contributed by atoms with Crippen molar-refractivity contribution in [2.24, 2.45) is 0 Å². The third kappa shape index (κ3) is 2.71. The molecule has 0 radical (unpaired) electrons. The number of hydrogen-bond donors (Lipinski definition) is 2. The van der Waals surface area contributed by atoms with Crippen LogP contribution in [0.25, 0.3) is 0 Å². The van der Waals surface area contributed by atoms with Crippen LogP contribution < -0.4 is 5.32 Å². The van der Waals surface area contributed by atoms with Crippen LogP contribution in [0.3, 0.4) is 0 Å². The van der Waals surface area contributed by atoms with Crippen molar-refractivity contribution in [3.8, 4) is 0 Å². The minimum Gasteiger partial charge on any atom is -0.480 e. The van der Waals surface area contributed by atoms with Crippen LogP contribution in [-0.2, 0) is 4.79 Å². The lowest BCUT2D eigenvalue weighted by Gasteiger charge is -2.42. The number of anilines is 1. The molecule has 2 rings (SSSR count). The summed E-state index contributed by atoms with van der Waals surface area (Å²) in [4.78, 5) is 13.8. The van der Waals surface area contributed by atoms with E-state index >= 15 is 0 Å². The van der Waals surface area contributed by atoms with E-state index in [1.165, 1.54) is 6.07 Å². The average molecular weight is 266 g/mol. The molecule has 5 heteroatoms. The summed E-state index contributed by atoms with van der Waals surface area (Å²) in [5, 5.41) is 12.5. The maximum Gasteiger partial charge on any atom is 0.329 e. The molecule has 1 aliphatic rings. The highest BCUT2D eigenvalue weighted by Crippen LogP contribution is 2.31. The molecule has 0 amide bonds. The van der Waals surface area contributed by atoms with Crippen LogP contribution in [-0.4, -0.2) is 41.1 Å². The molecule has 104 valence electrons. The number of para-hydroxylation sites is 1. The molecule has 1 heterocycles. The maximum atomic E-state index is 13.7. The second-order valence-electron chi connectivity index (χ2n) is 5.28. The first-order valence-electron chi connectivity index (χ1n) is 6.41. The fourth-order valence-corrected chi connectivity index (χ4v) is 2.53.